The van der Waals surface area contributed by atoms with Gasteiger partial charge >= 0.3 is 27.6 Å². The number of phosphoric acid groups is 2. The van der Waals surface area contributed by atoms with E-state index in [0.717, 1.165) is 31.8 Å². The molecule has 1 saturated heterocycles. The van der Waals surface area contributed by atoms with Gasteiger partial charge in [0, 0.05) is 31.1 Å². The number of carbonyl (C=O) groups excluding carboxylic acids is 2. The van der Waals surface area contributed by atoms with Crippen LogP contribution in [-0.2, 0) is 41.8 Å². The van der Waals surface area contributed by atoms with Gasteiger partial charge in [0.1, 0.15) is 31.0 Å². The van der Waals surface area contributed by atoms with E-state index in [1.54, 1.807) is 0 Å². The van der Waals surface area contributed by atoms with Crippen molar-refractivity contribution in [3.63, 3.8) is 0 Å². The molecule has 1 aliphatic heterocycles. The molecule has 0 amide bonds. The number of hydrogen-bond acceptors (Lipinski definition) is 16. The first-order valence-electron chi connectivity index (χ1n) is 25.4. The van der Waals surface area contributed by atoms with Crippen LogP contribution in [0.2, 0.25) is 0 Å². The van der Waals surface area contributed by atoms with E-state index in [4.69, 9.17) is 23.0 Å². The van der Waals surface area contributed by atoms with Crippen molar-refractivity contribution in [3.05, 3.63) is 48.6 Å². The second-order valence-corrected chi connectivity index (χ2v) is 21.1. The summed E-state index contributed by atoms with van der Waals surface area (Å²) in [5, 5.41) is 80.0. The minimum atomic E-state index is -5.77. The molecule has 10 N–H and O–H groups in total. The number of unbranched alkanes of at least 4 members (excludes halogenated alkanes) is 9. The Morgan fingerprint density at radius 2 is 1.39 bits per heavy atom. The number of aliphatic hydroxyl groups is 7. The van der Waals surface area contributed by atoms with E-state index in [1.165, 1.54) is 44.6 Å². The first-order valence-corrected chi connectivity index (χ1v) is 28.5. The quantitative estimate of drug-likeness (QED) is 0.0215. The maximum atomic E-state index is 13.8. The summed E-state index contributed by atoms with van der Waals surface area (Å²) in [6.45, 7) is 2.55. The molecule has 1 unspecified atom stereocenters. The minimum absolute atomic E-state index is 0.0316. The molecule has 406 valence electrons. The summed E-state index contributed by atoms with van der Waals surface area (Å²) in [6.07, 6.45) is 8.19. The lowest BCUT2D eigenvalue weighted by atomic mass is 9.82. The Bertz CT molecular complexity index is 1650. The standard InChI is InChI=1S/C49H86O19P2/c1-3-5-7-8-9-10-11-12-13-14-15-16-17-18-19-20-26-30-43(54)66-37-34-64-42(53)29-25-22-21-24-28-38-40(51)33-41(52)39(32-31-36(50)27-23-6-4-2)45(56)48(67-69(59,60)61)49(47(58)46(57)44(38)55)68-70(62,63)65-35-37/h12-13,15-16,18-19,31-32,36-41,44-52,55-58H,3-11,14,17,20-30,33-35H2,1-2H3,(H,62,63)(H2,59,60,61)/b13-12-,16-15-,19-18-,32-31+/t36-,37+,38-,39-,40-,41+,44+,45+,46-,47+,48+,49-/m0/s1. The van der Waals surface area contributed by atoms with Gasteiger partial charge < -0.3 is 59.9 Å². The van der Waals surface area contributed by atoms with Gasteiger partial charge in [0.2, 0.25) is 0 Å². The Labute approximate surface area is 414 Å². The summed E-state index contributed by atoms with van der Waals surface area (Å²) in [4.78, 5) is 56.8. The fourth-order valence-corrected chi connectivity index (χ4v) is 9.95. The summed E-state index contributed by atoms with van der Waals surface area (Å²) >= 11 is 0. The van der Waals surface area contributed by atoms with Crippen LogP contribution in [0.4, 0.5) is 0 Å². The third kappa shape index (κ3) is 27.2. The molecule has 2 fully saturated rings. The summed E-state index contributed by atoms with van der Waals surface area (Å²) in [6, 6.07) is 0. The van der Waals surface area contributed by atoms with Crippen molar-refractivity contribution in [2.45, 2.75) is 223 Å². The van der Waals surface area contributed by atoms with Crippen LogP contribution in [0.15, 0.2) is 48.6 Å². The van der Waals surface area contributed by atoms with Crippen LogP contribution >= 0.6 is 15.6 Å². The highest BCUT2D eigenvalue weighted by Crippen LogP contribution is 2.50. The fraction of sp³-hybridized carbons (Fsp3) is 0.796. The van der Waals surface area contributed by atoms with Crippen LogP contribution in [0.3, 0.4) is 0 Å². The van der Waals surface area contributed by atoms with E-state index in [0.29, 0.717) is 44.9 Å². The number of rotatable bonds is 24. The molecule has 2 rings (SSSR count). The smallest absolute Gasteiger partial charge is 0.462 e. The van der Waals surface area contributed by atoms with Crippen LogP contribution in [0, 0.1) is 11.8 Å². The average Bonchev–Trinajstić information content (AvgIpc) is 3.30. The average molecular weight is 1040 g/mol. The Kier molecular flexibility index (Phi) is 32.8. The van der Waals surface area contributed by atoms with Gasteiger partial charge in [-0.05, 0) is 57.8 Å². The lowest BCUT2D eigenvalue weighted by Crippen LogP contribution is -2.56. The third-order valence-electron chi connectivity index (χ3n) is 12.5. The van der Waals surface area contributed by atoms with E-state index >= 15 is 0 Å². The predicted molar refractivity (Wildman–Crippen MR) is 262 cm³/mol. The van der Waals surface area contributed by atoms with Crippen LogP contribution in [0.1, 0.15) is 162 Å². The molecule has 0 spiro atoms. The second kappa shape index (κ2) is 35.9. The van der Waals surface area contributed by atoms with Gasteiger partial charge in [-0.1, -0.05) is 133 Å². The number of phosphoric ester groups is 2. The van der Waals surface area contributed by atoms with Crippen LogP contribution in [0.5, 0.6) is 0 Å². The summed E-state index contributed by atoms with van der Waals surface area (Å²) < 4.78 is 52.3. The number of carbonyl (C=O) groups is 2. The summed E-state index contributed by atoms with van der Waals surface area (Å²) in [5.41, 5.74) is 0. The molecule has 21 heteroatoms. The number of aliphatic hydroxyl groups excluding tert-OH is 7. The van der Waals surface area contributed by atoms with Gasteiger partial charge in [-0.15, -0.1) is 0 Å². The third-order valence-corrected chi connectivity index (χ3v) is 14.0. The highest BCUT2D eigenvalue weighted by atomic mass is 31.2. The lowest BCUT2D eigenvalue weighted by Gasteiger charge is -2.39. The molecule has 1 aliphatic carbocycles. The van der Waals surface area contributed by atoms with Crippen molar-refractivity contribution in [2.24, 2.45) is 11.8 Å². The van der Waals surface area contributed by atoms with Gasteiger partial charge in [-0.3, -0.25) is 23.2 Å². The van der Waals surface area contributed by atoms with Crippen molar-refractivity contribution in [2.75, 3.05) is 13.2 Å². The number of allylic oxidation sites excluding steroid dienone is 6. The normalized spacial score (nSPS) is 31.4. The molecule has 2 bridgehead atoms. The lowest BCUT2D eigenvalue weighted by molar-refractivity contribution is -0.165. The summed E-state index contributed by atoms with van der Waals surface area (Å²) in [7, 11) is -11.5. The molecule has 2 aliphatic rings. The molecule has 0 aromatic carbocycles. The maximum Gasteiger partial charge on any atom is 0.472 e. The van der Waals surface area contributed by atoms with Crippen molar-refractivity contribution in [3.8, 4) is 0 Å². The van der Waals surface area contributed by atoms with E-state index in [-0.39, 0.29) is 32.1 Å². The number of fused-ring (bicyclic) bond motifs is 4. The molecule has 1 heterocycles. The van der Waals surface area contributed by atoms with Crippen LogP contribution < -0.4 is 0 Å². The second-order valence-electron chi connectivity index (χ2n) is 18.5. The zero-order valence-corrected chi connectivity index (χ0v) is 43.1. The van der Waals surface area contributed by atoms with Crippen LogP contribution in [-0.4, -0.2) is 137 Å². The number of ether oxygens (including phenoxy) is 2. The van der Waals surface area contributed by atoms with Gasteiger partial charge in [0.15, 0.2) is 6.10 Å². The van der Waals surface area contributed by atoms with Crippen LogP contribution in [0.25, 0.3) is 0 Å². The van der Waals surface area contributed by atoms with Gasteiger partial charge in [-0.25, -0.2) is 9.13 Å². The molecule has 0 aromatic rings. The Morgan fingerprint density at radius 3 is 2.06 bits per heavy atom. The van der Waals surface area contributed by atoms with E-state index in [9.17, 15) is 69.1 Å². The monoisotopic (exact) mass is 1040 g/mol. The fourth-order valence-electron chi connectivity index (χ4n) is 8.42. The van der Waals surface area contributed by atoms with Crippen molar-refractivity contribution in [1.82, 2.24) is 0 Å². The highest BCUT2D eigenvalue weighted by molar-refractivity contribution is 7.47. The zero-order chi connectivity index (χ0) is 52.0. The Balaban J connectivity index is 2.33. The molecular weight excluding hydrogens is 954 g/mol. The molecule has 13 atom stereocenters. The van der Waals surface area contributed by atoms with E-state index in [2.05, 4.69) is 25.2 Å². The number of hydrogen-bond donors (Lipinski definition) is 10. The first kappa shape index (κ1) is 64.0. The molecule has 70 heavy (non-hydrogen) atoms. The molecular formula is C49H86O19P2. The topological polar surface area (TPSA) is 317 Å². The Morgan fingerprint density at radius 1 is 0.771 bits per heavy atom. The Hall–Kier alpha value is -2.16. The molecule has 0 radical (unpaired) electrons. The van der Waals surface area contributed by atoms with Crippen molar-refractivity contribution >= 4 is 27.6 Å². The van der Waals surface area contributed by atoms with Gasteiger partial charge in [-0.2, -0.15) is 0 Å². The van der Waals surface area contributed by atoms with Gasteiger partial charge in [0.05, 0.1) is 37.1 Å². The molecule has 19 nitrogen and oxygen atoms in total. The first-order chi connectivity index (χ1) is 33.3. The number of cyclic esters (lactones) is 1. The predicted octanol–water partition coefficient (Wildman–Crippen LogP) is 6.44. The van der Waals surface area contributed by atoms with E-state index < -0.39 is 120 Å². The highest BCUT2D eigenvalue weighted by Gasteiger charge is 2.51. The SMILES string of the molecule is CCCCCCCC/C=C\C/C=C\C/C=C\CCCC(=O)O[C@@H]1COC(=O)CCCCCC[C@@H]2[C@@H](O)[C@H](O)[C@@H](O)[C@H](OP(=O)(O)OC1)[C@H](OP(=O)(O)O)[C@H](O)[C@@H](/C=C/[C@@H](O)CCCCC)[C@H](O)C[C@@H]2O. The van der Waals surface area contributed by atoms with Crippen molar-refractivity contribution < 1.29 is 92.2 Å². The maximum absolute atomic E-state index is 13.8. The molecule has 0 aromatic heterocycles. The largest absolute Gasteiger partial charge is 0.472 e. The molecule has 1 saturated carbocycles. The zero-order valence-electron chi connectivity index (χ0n) is 41.3. The number of esters is 2. The summed E-state index contributed by atoms with van der Waals surface area (Å²) in [5.74, 6) is -4.45. The minimum Gasteiger partial charge on any atom is -0.462 e. The van der Waals surface area contributed by atoms with Crippen molar-refractivity contribution in [1.29, 1.82) is 0 Å². The van der Waals surface area contributed by atoms with Gasteiger partial charge in [0.25, 0.3) is 0 Å². The van der Waals surface area contributed by atoms with E-state index in [1.807, 2.05) is 25.2 Å².